The van der Waals surface area contributed by atoms with Gasteiger partial charge < -0.3 is 30.8 Å². The third-order valence-corrected chi connectivity index (χ3v) is 2.45. The van der Waals surface area contributed by atoms with Crippen LogP contribution in [-0.2, 0) is 14.4 Å². The Labute approximate surface area is 108 Å². The van der Waals surface area contributed by atoms with Crippen molar-refractivity contribution in [2.24, 2.45) is 5.92 Å². The third-order valence-electron chi connectivity index (χ3n) is 2.45. The third kappa shape index (κ3) is 6.70. The molecule has 1 aliphatic rings. The molecule has 6 N–H and O–H groups in total. The highest BCUT2D eigenvalue weighted by Gasteiger charge is 2.29. The fourth-order valence-corrected chi connectivity index (χ4v) is 1.33. The van der Waals surface area contributed by atoms with Crippen LogP contribution in [0.1, 0.15) is 12.8 Å². The van der Waals surface area contributed by atoms with Crippen LogP contribution in [0.2, 0.25) is 0 Å². The number of aliphatic hydroxyl groups excluding tert-OH is 2. The monoisotopic (exact) mass is 279 g/mol. The van der Waals surface area contributed by atoms with Gasteiger partial charge in [0, 0.05) is 6.54 Å². The van der Waals surface area contributed by atoms with Crippen molar-refractivity contribution in [1.82, 2.24) is 5.32 Å². The van der Waals surface area contributed by atoms with Crippen LogP contribution in [0.5, 0.6) is 0 Å². The minimum Gasteiger partial charge on any atom is -0.481 e. The lowest BCUT2D eigenvalue weighted by Crippen LogP contribution is -2.39. The molecule has 9 heteroatoms. The fraction of sp³-hybridized carbons (Fsp3) is 0.700. The summed E-state index contributed by atoms with van der Waals surface area (Å²) in [5.41, 5.74) is 0. The molecule has 0 bridgehead atoms. The molecule has 1 saturated heterocycles. The largest absolute Gasteiger partial charge is 0.481 e. The molecule has 1 rings (SSSR count). The van der Waals surface area contributed by atoms with E-state index in [2.05, 4.69) is 5.32 Å². The molecule has 0 spiro atoms. The summed E-state index contributed by atoms with van der Waals surface area (Å²) in [4.78, 5) is 29.9. The van der Waals surface area contributed by atoms with Crippen LogP contribution in [0.4, 0.5) is 0 Å². The first-order valence-corrected chi connectivity index (χ1v) is 5.52. The second kappa shape index (κ2) is 8.40. The van der Waals surface area contributed by atoms with E-state index < -0.39 is 30.1 Å². The molecule has 1 fully saturated rings. The minimum atomic E-state index is -2.27. The summed E-state index contributed by atoms with van der Waals surface area (Å²) in [6, 6.07) is 0. The molecule has 0 aromatic carbocycles. The highest BCUT2D eigenvalue weighted by molar-refractivity contribution is 5.83. The number of piperidine rings is 1. The Balaban J connectivity index is 0.000000342. The maximum atomic E-state index is 10.3. The zero-order valence-electron chi connectivity index (χ0n) is 10.0. The van der Waals surface area contributed by atoms with Crippen LogP contribution >= 0.6 is 0 Å². The molecule has 110 valence electrons. The average molecular weight is 279 g/mol. The molecular formula is C10H17NO8. The lowest BCUT2D eigenvalue weighted by atomic mass is 10.0. The normalized spacial score (nSPS) is 21.5. The Morgan fingerprint density at radius 3 is 1.68 bits per heavy atom. The topological polar surface area (TPSA) is 164 Å². The van der Waals surface area contributed by atoms with Crippen LogP contribution in [0.3, 0.4) is 0 Å². The maximum absolute atomic E-state index is 10.3. The summed E-state index contributed by atoms with van der Waals surface area (Å²) < 4.78 is 0. The fourth-order valence-electron chi connectivity index (χ4n) is 1.33. The average Bonchev–Trinajstić information content (AvgIpc) is 2.38. The zero-order valence-corrected chi connectivity index (χ0v) is 10.0. The molecule has 9 nitrogen and oxygen atoms in total. The molecule has 0 aromatic rings. The predicted molar refractivity (Wildman–Crippen MR) is 60.5 cm³/mol. The highest BCUT2D eigenvalue weighted by atomic mass is 16.4. The van der Waals surface area contributed by atoms with Crippen LogP contribution in [0.15, 0.2) is 0 Å². The first-order valence-electron chi connectivity index (χ1n) is 5.52. The lowest BCUT2D eigenvalue weighted by molar-refractivity contribution is -0.165. The Morgan fingerprint density at radius 2 is 1.47 bits per heavy atom. The van der Waals surface area contributed by atoms with E-state index in [0.29, 0.717) is 6.54 Å². The van der Waals surface area contributed by atoms with Crippen LogP contribution in [0, 0.1) is 5.92 Å². The van der Waals surface area contributed by atoms with E-state index in [1.54, 1.807) is 0 Å². The van der Waals surface area contributed by atoms with Gasteiger partial charge in [-0.15, -0.1) is 0 Å². The quantitative estimate of drug-likeness (QED) is 0.339. The number of aliphatic hydroxyl groups is 2. The molecule has 19 heavy (non-hydrogen) atoms. The number of nitrogens with one attached hydrogen (secondary N) is 1. The summed E-state index contributed by atoms with van der Waals surface area (Å²) in [6.07, 6.45) is -2.70. The van der Waals surface area contributed by atoms with Gasteiger partial charge in [0.05, 0.1) is 5.92 Å². The van der Waals surface area contributed by atoms with E-state index >= 15 is 0 Å². The van der Waals surface area contributed by atoms with E-state index in [4.69, 9.17) is 25.5 Å². The van der Waals surface area contributed by atoms with E-state index in [1.807, 2.05) is 0 Å². The number of carboxylic acid groups (broad SMARTS) is 3. The summed E-state index contributed by atoms with van der Waals surface area (Å²) in [5, 5.41) is 44.1. The number of hydrogen-bond acceptors (Lipinski definition) is 6. The number of aliphatic carboxylic acids is 3. The summed E-state index contributed by atoms with van der Waals surface area (Å²) in [5.74, 6) is -4.34. The number of rotatable bonds is 4. The van der Waals surface area contributed by atoms with Crippen molar-refractivity contribution in [2.75, 3.05) is 13.1 Å². The molecule has 1 heterocycles. The van der Waals surface area contributed by atoms with Gasteiger partial charge in [-0.3, -0.25) is 4.79 Å². The van der Waals surface area contributed by atoms with Crippen molar-refractivity contribution in [3.63, 3.8) is 0 Å². The number of carbonyl (C=O) groups is 3. The Kier molecular flexibility index (Phi) is 7.65. The second-order valence-corrected chi connectivity index (χ2v) is 3.95. The van der Waals surface area contributed by atoms with Gasteiger partial charge in [0.2, 0.25) is 0 Å². The SMILES string of the molecule is O=C(O)[C@@H]1CCCNC1.O=C(O)[C@H](O)[C@@H](O)C(=O)O. The van der Waals surface area contributed by atoms with Crippen molar-refractivity contribution in [3.8, 4) is 0 Å². The van der Waals surface area contributed by atoms with Gasteiger partial charge in [0.15, 0.2) is 12.2 Å². The smallest absolute Gasteiger partial charge is 0.335 e. The van der Waals surface area contributed by atoms with E-state index in [0.717, 1.165) is 19.4 Å². The number of carboxylic acids is 3. The standard InChI is InChI=1S/C6H11NO2.C4H6O6/c8-6(9)5-2-1-3-7-4-5;5-1(3(7)8)2(6)4(9)10/h5,7H,1-4H2,(H,8,9);1-2,5-6H,(H,7,8)(H,9,10)/t5-;1-,2-/m11/s1. The van der Waals surface area contributed by atoms with Crippen molar-refractivity contribution in [2.45, 2.75) is 25.0 Å². The first-order chi connectivity index (χ1) is 8.77. The lowest BCUT2D eigenvalue weighted by Gasteiger charge is -2.18. The molecule has 3 atom stereocenters. The second-order valence-electron chi connectivity index (χ2n) is 3.95. The number of hydrogen-bond donors (Lipinski definition) is 6. The minimum absolute atomic E-state index is 0.140. The van der Waals surface area contributed by atoms with E-state index in [9.17, 15) is 14.4 Å². The van der Waals surface area contributed by atoms with Crippen LogP contribution < -0.4 is 5.32 Å². The first kappa shape index (κ1) is 17.3. The summed E-state index contributed by atoms with van der Waals surface area (Å²) >= 11 is 0. The molecule has 0 radical (unpaired) electrons. The summed E-state index contributed by atoms with van der Waals surface area (Å²) in [6.45, 7) is 1.62. The molecular weight excluding hydrogens is 262 g/mol. The van der Waals surface area contributed by atoms with Crippen molar-refractivity contribution < 1.29 is 39.9 Å². The predicted octanol–water partition coefficient (Wildman–Crippen LogP) is -2.05. The Hall–Kier alpha value is -1.71. The Bertz CT molecular complexity index is 307. The van der Waals surface area contributed by atoms with Crippen molar-refractivity contribution >= 4 is 17.9 Å². The van der Waals surface area contributed by atoms with Crippen LogP contribution in [-0.4, -0.2) is 68.7 Å². The van der Waals surface area contributed by atoms with E-state index in [-0.39, 0.29) is 5.92 Å². The van der Waals surface area contributed by atoms with Gasteiger partial charge in [-0.1, -0.05) is 0 Å². The summed E-state index contributed by atoms with van der Waals surface area (Å²) in [7, 11) is 0. The highest BCUT2D eigenvalue weighted by Crippen LogP contribution is 2.08. The molecule has 1 aliphatic heterocycles. The molecule has 0 saturated carbocycles. The van der Waals surface area contributed by atoms with Gasteiger partial charge in [-0.2, -0.15) is 0 Å². The van der Waals surface area contributed by atoms with Gasteiger partial charge in [0.25, 0.3) is 0 Å². The van der Waals surface area contributed by atoms with Crippen molar-refractivity contribution in [3.05, 3.63) is 0 Å². The van der Waals surface area contributed by atoms with Gasteiger partial charge in [0.1, 0.15) is 0 Å². The Morgan fingerprint density at radius 1 is 1.00 bits per heavy atom. The maximum Gasteiger partial charge on any atom is 0.335 e. The van der Waals surface area contributed by atoms with Gasteiger partial charge in [-0.05, 0) is 19.4 Å². The van der Waals surface area contributed by atoms with E-state index in [1.165, 1.54) is 0 Å². The molecule has 0 aliphatic carbocycles. The van der Waals surface area contributed by atoms with Crippen LogP contribution in [0.25, 0.3) is 0 Å². The zero-order chi connectivity index (χ0) is 15.0. The molecule has 0 aromatic heterocycles. The molecule has 0 unspecified atom stereocenters. The van der Waals surface area contributed by atoms with Crippen molar-refractivity contribution in [1.29, 1.82) is 0 Å². The molecule has 0 amide bonds. The van der Waals surface area contributed by atoms with Gasteiger partial charge >= 0.3 is 17.9 Å². The van der Waals surface area contributed by atoms with Gasteiger partial charge in [-0.25, -0.2) is 9.59 Å².